The zero-order valence-corrected chi connectivity index (χ0v) is 12.8. The number of aliphatic carboxylic acids is 1. The van der Waals surface area contributed by atoms with Gasteiger partial charge in [0.1, 0.15) is 4.70 Å². The van der Waals surface area contributed by atoms with Gasteiger partial charge in [-0.3, -0.25) is 14.2 Å². The second kappa shape index (κ2) is 6.38. The van der Waals surface area contributed by atoms with Gasteiger partial charge in [-0.05, 0) is 25.5 Å². The molecule has 0 bridgehead atoms. The minimum Gasteiger partial charge on any atom is -0.481 e. The first-order valence-corrected chi connectivity index (χ1v) is 7.83. The smallest absolute Gasteiger partial charge is 0.313 e. The Morgan fingerprint density at radius 3 is 2.95 bits per heavy atom. The van der Waals surface area contributed by atoms with Gasteiger partial charge in [0.05, 0.1) is 11.3 Å². The first-order valence-electron chi connectivity index (χ1n) is 5.96. The quantitative estimate of drug-likeness (QED) is 0.638. The van der Waals surface area contributed by atoms with E-state index in [-0.39, 0.29) is 11.3 Å². The van der Waals surface area contributed by atoms with Crippen LogP contribution in [0.4, 0.5) is 0 Å². The molecule has 6 nitrogen and oxygen atoms in total. The number of aromatic nitrogens is 2. The van der Waals surface area contributed by atoms with E-state index in [2.05, 4.69) is 4.98 Å². The molecular formula is C12H15N3O3S2. The van der Waals surface area contributed by atoms with E-state index in [0.29, 0.717) is 28.5 Å². The highest BCUT2D eigenvalue weighted by molar-refractivity contribution is 7.99. The van der Waals surface area contributed by atoms with Crippen molar-refractivity contribution in [1.82, 2.24) is 14.5 Å². The summed E-state index contributed by atoms with van der Waals surface area (Å²) in [7, 11) is 3.85. The lowest BCUT2D eigenvalue weighted by molar-refractivity contribution is -0.133. The van der Waals surface area contributed by atoms with Gasteiger partial charge in [-0.15, -0.1) is 11.3 Å². The fourth-order valence-electron chi connectivity index (χ4n) is 1.66. The van der Waals surface area contributed by atoms with Gasteiger partial charge < -0.3 is 10.0 Å². The number of hydrogen-bond acceptors (Lipinski definition) is 6. The molecule has 0 aromatic carbocycles. The summed E-state index contributed by atoms with van der Waals surface area (Å²) in [5, 5.41) is 11.1. The van der Waals surface area contributed by atoms with Crippen LogP contribution < -0.4 is 5.56 Å². The fourth-order valence-corrected chi connectivity index (χ4v) is 3.18. The Kier molecular flexibility index (Phi) is 4.79. The third-order valence-corrected chi connectivity index (χ3v) is 4.48. The zero-order chi connectivity index (χ0) is 14.7. The van der Waals surface area contributed by atoms with Crippen molar-refractivity contribution in [2.45, 2.75) is 11.7 Å². The van der Waals surface area contributed by atoms with E-state index in [1.807, 2.05) is 24.4 Å². The number of thioether (sulfide) groups is 1. The molecule has 2 aromatic rings. The molecule has 2 heterocycles. The maximum absolute atomic E-state index is 12.4. The number of rotatable bonds is 6. The summed E-state index contributed by atoms with van der Waals surface area (Å²) >= 11 is 2.44. The molecule has 2 rings (SSSR count). The number of carboxylic acid groups (broad SMARTS) is 1. The van der Waals surface area contributed by atoms with Crippen molar-refractivity contribution >= 4 is 39.3 Å². The number of hydrogen-bond donors (Lipinski definition) is 1. The van der Waals surface area contributed by atoms with E-state index in [9.17, 15) is 9.59 Å². The van der Waals surface area contributed by atoms with Gasteiger partial charge in [0.25, 0.3) is 5.56 Å². The number of fused-ring (bicyclic) bond motifs is 1. The molecule has 0 saturated heterocycles. The molecule has 0 atom stereocenters. The van der Waals surface area contributed by atoms with E-state index >= 15 is 0 Å². The maximum Gasteiger partial charge on any atom is 0.313 e. The van der Waals surface area contributed by atoms with Crippen LogP contribution >= 0.6 is 23.1 Å². The lowest BCUT2D eigenvalue weighted by atomic mass is 10.4. The summed E-state index contributed by atoms with van der Waals surface area (Å²) in [4.78, 5) is 29.5. The molecule has 0 fully saturated rings. The number of carbonyl (C=O) groups is 1. The zero-order valence-electron chi connectivity index (χ0n) is 11.2. The molecule has 0 radical (unpaired) electrons. The van der Waals surface area contributed by atoms with E-state index in [1.54, 1.807) is 10.6 Å². The third kappa shape index (κ3) is 3.38. The molecule has 20 heavy (non-hydrogen) atoms. The highest BCUT2D eigenvalue weighted by Gasteiger charge is 2.13. The van der Waals surface area contributed by atoms with Gasteiger partial charge >= 0.3 is 5.97 Å². The Balaban J connectivity index is 2.42. The molecule has 0 aliphatic carbocycles. The number of thiophene rings is 1. The van der Waals surface area contributed by atoms with Gasteiger partial charge in [-0.1, -0.05) is 11.8 Å². The Morgan fingerprint density at radius 1 is 1.55 bits per heavy atom. The normalized spacial score (nSPS) is 11.3. The van der Waals surface area contributed by atoms with Gasteiger partial charge in [-0.2, -0.15) is 0 Å². The minimum absolute atomic E-state index is 0.0975. The number of nitrogens with zero attached hydrogens (tertiary/aromatic N) is 3. The molecule has 1 N–H and O–H groups in total. The van der Waals surface area contributed by atoms with Crippen LogP contribution in [0.1, 0.15) is 0 Å². The van der Waals surface area contributed by atoms with Crippen LogP contribution in [0.2, 0.25) is 0 Å². The summed E-state index contributed by atoms with van der Waals surface area (Å²) in [6, 6.07) is 1.78. The topological polar surface area (TPSA) is 75.4 Å². The molecule has 0 saturated carbocycles. The summed E-state index contributed by atoms with van der Waals surface area (Å²) < 4.78 is 2.18. The molecule has 8 heteroatoms. The van der Waals surface area contributed by atoms with E-state index < -0.39 is 5.97 Å². The third-order valence-electron chi connectivity index (χ3n) is 2.63. The largest absolute Gasteiger partial charge is 0.481 e. The van der Waals surface area contributed by atoms with Crippen LogP contribution in [-0.2, 0) is 11.3 Å². The monoisotopic (exact) mass is 313 g/mol. The summed E-state index contributed by atoms with van der Waals surface area (Å²) in [5.74, 6) is -1.03. The van der Waals surface area contributed by atoms with Crippen molar-refractivity contribution in [3.8, 4) is 0 Å². The average Bonchev–Trinajstić information content (AvgIpc) is 2.83. The number of likely N-dealkylation sites (N-methyl/N-ethyl adjacent to an activating group) is 1. The highest BCUT2D eigenvalue weighted by Crippen LogP contribution is 2.20. The van der Waals surface area contributed by atoms with Crippen molar-refractivity contribution in [3.63, 3.8) is 0 Å². The van der Waals surface area contributed by atoms with E-state index in [4.69, 9.17) is 5.11 Å². The summed E-state index contributed by atoms with van der Waals surface area (Å²) in [5.41, 5.74) is 0.536. The van der Waals surface area contributed by atoms with Crippen LogP contribution in [0.3, 0.4) is 0 Å². The van der Waals surface area contributed by atoms with E-state index in [1.165, 1.54) is 11.3 Å². The standard InChI is InChI=1S/C12H15N3O3S2/c1-14(2)4-5-15-11(18)10-8(3-6-19-10)13-12(15)20-7-9(16)17/h3,6H,4-5,7H2,1-2H3,(H,16,17). The maximum atomic E-state index is 12.4. The second-order valence-corrected chi connectivity index (χ2v) is 6.33. The molecule has 108 valence electrons. The predicted octanol–water partition coefficient (Wildman–Crippen LogP) is 1.20. The molecule has 2 aromatic heterocycles. The summed E-state index contributed by atoms with van der Waals surface area (Å²) in [6.45, 7) is 1.19. The van der Waals surface area contributed by atoms with Gasteiger partial charge in [0.15, 0.2) is 5.16 Å². The van der Waals surface area contributed by atoms with Crippen molar-refractivity contribution < 1.29 is 9.90 Å². The first-order chi connectivity index (χ1) is 9.49. The molecule has 0 amide bonds. The Bertz CT molecular complexity index is 678. The van der Waals surface area contributed by atoms with Crippen LogP contribution in [0.5, 0.6) is 0 Å². The first kappa shape index (κ1) is 15.0. The van der Waals surface area contributed by atoms with E-state index in [0.717, 1.165) is 11.8 Å². The molecule has 0 spiro atoms. The molecule has 0 aliphatic rings. The van der Waals surface area contributed by atoms with Gasteiger partial charge in [0.2, 0.25) is 0 Å². The molecular weight excluding hydrogens is 298 g/mol. The SMILES string of the molecule is CN(C)CCn1c(SCC(=O)O)nc2ccsc2c1=O. The Morgan fingerprint density at radius 2 is 2.30 bits per heavy atom. The second-order valence-electron chi connectivity index (χ2n) is 4.47. The Hall–Kier alpha value is -1.38. The fraction of sp³-hybridized carbons (Fsp3) is 0.417. The lowest BCUT2D eigenvalue weighted by Crippen LogP contribution is -2.28. The predicted molar refractivity (Wildman–Crippen MR) is 80.8 cm³/mol. The van der Waals surface area contributed by atoms with Gasteiger partial charge in [-0.25, -0.2) is 4.98 Å². The van der Waals surface area contributed by atoms with Crippen LogP contribution in [0.15, 0.2) is 21.4 Å². The lowest BCUT2D eigenvalue weighted by Gasteiger charge is -2.14. The Labute approximate surface area is 124 Å². The van der Waals surface area contributed by atoms with Crippen molar-refractivity contribution in [2.24, 2.45) is 0 Å². The van der Waals surface area contributed by atoms with Gasteiger partial charge in [0, 0.05) is 13.1 Å². The van der Waals surface area contributed by atoms with Crippen LogP contribution in [0, 0.1) is 0 Å². The highest BCUT2D eigenvalue weighted by atomic mass is 32.2. The van der Waals surface area contributed by atoms with Crippen molar-refractivity contribution in [3.05, 3.63) is 21.8 Å². The van der Waals surface area contributed by atoms with Crippen molar-refractivity contribution in [1.29, 1.82) is 0 Å². The molecule has 0 aliphatic heterocycles. The van der Waals surface area contributed by atoms with Crippen LogP contribution in [0.25, 0.3) is 10.2 Å². The summed E-state index contributed by atoms with van der Waals surface area (Å²) in [6.07, 6.45) is 0. The van der Waals surface area contributed by atoms with Crippen molar-refractivity contribution in [2.75, 3.05) is 26.4 Å². The van der Waals surface area contributed by atoms with Crippen LogP contribution in [-0.4, -0.2) is 51.9 Å². The average molecular weight is 313 g/mol. The minimum atomic E-state index is -0.922. The molecule has 0 unspecified atom stereocenters. The number of carboxylic acids is 1.